The van der Waals surface area contributed by atoms with Gasteiger partial charge in [-0.25, -0.2) is 0 Å². The Labute approximate surface area is 153 Å². The lowest BCUT2D eigenvalue weighted by Crippen LogP contribution is -2.14. The molecule has 26 heavy (non-hydrogen) atoms. The highest BCUT2D eigenvalue weighted by Crippen LogP contribution is 2.49. The molecule has 126 valence electrons. The summed E-state index contributed by atoms with van der Waals surface area (Å²) >= 11 is 0. The van der Waals surface area contributed by atoms with Gasteiger partial charge in [0, 0.05) is 28.1 Å². The minimum absolute atomic E-state index is 0.0471. The van der Waals surface area contributed by atoms with E-state index in [1.807, 2.05) is 18.5 Å². The molecule has 1 aliphatic carbocycles. The summed E-state index contributed by atoms with van der Waals surface area (Å²) in [5.41, 5.74) is 7.63. The summed E-state index contributed by atoms with van der Waals surface area (Å²) in [7, 11) is 0. The van der Waals surface area contributed by atoms with Crippen LogP contribution in [-0.2, 0) is 5.41 Å². The van der Waals surface area contributed by atoms with Gasteiger partial charge in [-0.15, -0.1) is 0 Å². The van der Waals surface area contributed by atoms with Gasteiger partial charge in [0.2, 0.25) is 0 Å². The monoisotopic (exact) mass is 336 g/mol. The fourth-order valence-corrected chi connectivity index (χ4v) is 4.17. The summed E-state index contributed by atoms with van der Waals surface area (Å²) in [6, 6.07) is 23.8. The molecule has 4 aromatic rings. The van der Waals surface area contributed by atoms with E-state index in [-0.39, 0.29) is 5.41 Å². The summed E-state index contributed by atoms with van der Waals surface area (Å²) in [5, 5.41) is 5.90. The number of benzene rings is 3. The Hall–Kier alpha value is -3.13. The van der Waals surface area contributed by atoms with Gasteiger partial charge in [-0.05, 0) is 34.4 Å². The van der Waals surface area contributed by atoms with Crippen molar-refractivity contribution in [3.05, 3.63) is 90.3 Å². The molecule has 1 aromatic heterocycles. The van der Waals surface area contributed by atoms with Crippen molar-refractivity contribution in [3.63, 3.8) is 0 Å². The second kappa shape index (κ2) is 5.43. The smallest absolute Gasteiger partial charge is 0.0650 e. The van der Waals surface area contributed by atoms with Gasteiger partial charge in [0.15, 0.2) is 0 Å². The number of rotatable bonds is 2. The van der Waals surface area contributed by atoms with Gasteiger partial charge in [-0.2, -0.15) is 0 Å². The Morgan fingerprint density at radius 2 is 1.54 bits per heavy atom. The molecule has 0 unspecified atom stereocenters. The third-order valence-corrected chi connectivity index (χ3v) is 5.53. The number of anilines is 2. The van der Waals surface area contributed by atoms with E-state index in [9.17, 15) is 0 Å². The number of pyridine rings is 1. The zero-order valence-corrected chi connectivity index (χ0v) is 15.0. The average molecular weight is 336 g/mol. The van der Waals surface area contributed by atoms with E-state index < -0.39 is 0 Å². The van der Waals surface area contributed by atoms with Crippen LogP contribution in [-0.4, -0.2) is 4.98 Å². The van der Waals surface area contributed by atoms with E-state index in [0.29, 0.717) is 0 Å². The number of fused-ring (bicyclic) bond motifs is 4. The lowest BCUT2D eigenvalue weighted by molar-refractivity contribution is 0.660. The van der Waals surface area contributed by atoms with Crippen molar-refractivity contribution in [3.8, 4) is 11.1 Å². The molecule has 0 saturated heterocycles. The molecule has 0 aliphatic heterocycles. The van der Waals surface area contributed by atoms with Crippen molar-refractivity contribution in [2.75, 3.05) is 5.32 Å². The Kier molecular flexibility index (Phi) is 3.17. The van der Waals surface area contributed by atoms with Crippen LogP contribution in [0, 0.1) is 0 Å². The molecule has 1 heterocycles. The van der Waals surface area contributed by atoms with E-state index in [1.54, 1.807) is 0 Å². The van der Waals surface area contributed by atoms with Gasteiger partial charge >= 0.3 is 0 Å². The van der Waals surface area contributed by atoms with E-state index in [2.05, 4.69) is 84.8 Å². The maximum Gasteiger partial charge on any atom is 0.0650 e. The molecule has 0 amide bonds. The topological polar surface area (TPSA) is 24.9 Å². The first kappa shape index (κ1) is 15.2. The predicted molar refractivity (Wildman–Crippen MR) is 109 cm³/mol. The minimum atomic E-state index is 0.0471. The predicted octanol–water partition coefficient (Wildman–Crippen LogP) is 6.28. The fraction of sp³-hybridized carbons (Fsp3) is 0.125. The number of aromatic nitrogens is 1. The Morgan fingerprint density at radius 3 is 2.46 bits per heavy atom. The highest BCUT2D eigenvalue weighted by atomic mass is 14.9. The third-order valence-electron chi connectivity index (χ3n) is 5.53. The quantitative estimate of drug-likeness (QED) is 0.465. The first-order valence-electron chi connectivity index (χ1n) is 8.99. The first-order valence-corrected chi connectivity index (χ1v) is 8.99. The van der Waals surface area contributed by atoms with Crippen LogP contribution in [0.1, 0.15) is 25.0 Å². The maximum atomic E-state index is 4.38. The molecule has 0 saturated carbocycles. The van der Waals surface area contributed by atoms with E-state index >= 15 is 0 Å². The van der Waals surface area contributed by atoms with Crippen LogP contribution < -0.4 is 5.32 Å². The van der Waals surface area contributed by atoms with Gasteiger partial charge < -0.3 is 5.32 Å². The summed E-state index contributed by atoms with van der Waals surface area (Å²) in [5.74, 6) is 0. The molecule has 3 aromatic carbocycles. The Bertz CT molecular complexity index is 1140. The second-order valence-electron chi connectivity index (χ2n) is 7.46. The summed E-state index contributed by atoms with van der Waals surface area (Å²) in [6.45, 7) is 4.61. The van der Waals surface area contributed by atoms with E-state index in [1.165, 1.54) is 27.6 Å². The molecule has 1 aliphatic rings. The van der Waals surface area contributed by atoms with Crippen LogP contribution in [0.2, 0.25) is 0 Å². The Balaban J connectivity index is 1.62. The zero-order valence-electron chi connectivity index (χ0n) is 15.0. The molecule has 0 atom stereocenters. The van der Waals surface area contributed by atoms with Crippen molar-refractivity contribution in [2.45, 2.75) is 19.3 Å². The molecule has 2 heteroatoms. The SMILES string of the molecule is CC1(C)c2ccccc2-c2cc(Nc3cncc4ccccc34)ccc21. The standard InChI is InChI=1S/C24H20N2/c1-24(2)21-10-6-5-9-19(21)20-13-17(11-12-22(20)24)26-23-15-25-14-16-7-3-4-8-18(16)23/h3-15,26H,1-2H3. The lowest BCUT2D eigenvalue weighted by Gasteiger charge is -2.21. The van der Waals surface area contributed by atoms with Crippen LogP contribution in [0.15, 0.2) is 79.1 Å². The van der Waals surface area contributed by atoms with E-state index in [0.717, 1.165) is 16.8 Å². The minimum Gasteiger partial charge on any atom is -0.354 e. The van der Waals surface area contributed by atoms with Gasteiger partial charge in [0.05, 0.1) is 11.9 Å². The molecule has 0 spiro atoms. The van der Waals surface area contributed by atoms with Crippen molar-refractivity contribution < 1.29 is 0 Å². The van der Waals surface area contributed by atoms with Gasteiger partial charge in [-0.3, -0.25) is 4.98 Å². The summed E-state index contributed by atoms with van der Waals surface area (Å²) in [6.07, 6.45) is 3.80. The number of nitrogens with one attached hydrogen (secondary N) is 1. The lowest BCUT2D eigenvalue weighted by atomic mass is 9.82. The zero-order chi connectivity index (χ0) is 17.7. The number of nitrogens with zero attached hydrogens (tertiary/aromatic N) is 1. The summed E-state index contributed by atoms with van der Waals surface area (Å²) < 4.78 is 0. The molecule has 0 radical (unpaired) electrons. The average Bonchev–Trinajstić information content (AvgIpc) is 2.90. The number of hydrogen-bond acceptors (Lipinski definition) is 2. The molecule has 5 rings (SSSR count). The van der Waals surface area contributed by atoms with Crippen molar-refractivity contribution >= 4 is 22.1 Å². The fourth-order valence-electron chi connectivity index (χ4n) is 4.17. The number of hydrogen-bond donors (Lipinski definition) is 1. The third kappa shape index (κ3) is 2.15. The molecule has 0 bridgehead atoms. The van der Waals surface area contributed by atoms with E-state index in [4.69, 9.17) is 0 Å². The normalized spacial score (nSPS) is 14.1. The van der Waals surface area contributed by atoms with Crippen molar-refractivity contribution in [1.29, 1.82) is 0 Å². The highest BCUT2D eigenvalue weighted by Gasteiger charge is 2.34. The van der Waals surface area contributed by atoms with Crippen LogP contribution >= 0.6 is 0 Å². The van der Waals surface area contributed by atoms with Crippen LogP contribution in [0.25, 0.3) is 21.9 Å². The molecule has 0 fully saturated rings. The largest absolute Gasteiger partial charge is 0.354 e. The summed E-state index contributed by atoms with van der Waals surface area (Å²) in [4.78, 5) is 4.38. The van der Waals surface area contributed by atoms with Crippen molar-refractivity contribution in [2.24, 2.45) is 0 Å². The van der Waals surface area contributed by atoms with Crippen LogP contribution in [0.4, 0.5) is 11.4 Å². The van der Waals surface area contributed by atoms with Gasteiger partial charge in [0.25, 0.3) is 0 Å². The first-order chi connectivity index (χ1) is 12.6. The maximum absolute atomic E-state index is 4.38. The van der Waals surface area contributed by atoms with Crippen LogP contribution in [0.3, 0.4) is 0 Å². The molecule has 1 N–H and O–H groups in total. The van der Waals surface area contributed by atoms with Crippen molar-refractivity contribution in [1.82, 2.24) is 4.98 Å². The molecular formula is C24H20N2. The highest BCUT2D eigenvalue weighted by molar-refractivity contribution is 5.95. The molecular weight excluding hydrogens is 316 g/mol. The Morgan fingerprint density at radius 1 is 0.769 bits per heavy atom. The van der Waals surface area contributed by atoms with Gasteiger partial charge in [0.1, 0.15) is 0 Å². The van der Waals surface area contributed by atoms with Gasteiger partial charge in [-0.1, -0.05) is 68.4 Å². The molecule has 2 nitrogen and oxygen atoms in total. The second-order valence-corrected chi connectivity index (χ2v) is 7.46. The van der Waals surface area contributed by atoms with Crippen LogP contribution in [0.5, 0.6) is 0 Å².